The summed E-state index contributed by atoms with van der Waals surface area (Å²) in [4.78, 5) is 23.1. The smallest absolute Gasteiger partial charge is 0.238 e. The number of nitrogens with zero attached hydrogens (tertiary/aromatic N) is 6. The number of benzene rings is 3. The van der Waals surface area contributed by atoms with Crippen molar-refractivity contribution in [2.45, 2.75) is 0 Å². The van der Waals surface area contributed by atoms with Crippen LogP contribution in [-0.4, -0.2) is 29.5 Å². The Balaban J connectivity index is 1.43. The molecule has 0 spiro atoms. The van der Waals surface area contributed by atoms with Crippen molar-refractivity contribution in [3.63, 3.8) is 0 Å². The molecule has 0 saturated carbocycles. The molecule has 188 valence electrons. The lowest BCUT2D eigenvalue weighted by molar-refractivity contribution is 0.635. The molecule has 7 heteroatoms. The van der Waals surface area contributed by atoms with E-state index < -0.39 is 0 Å². The summed E-state index contributed by atoms with van der Waals surface area (Å²) in [5.74, 6) is 2.49. The predicted octanol–water partition coefficient (Wildman–Crippen LogP) is 7.51. The Morgan fingerprint density at radius 2 is 1.20 bits per heavy atom. The number of rotatable bonds is 4. The van der Waals surface area contributed by atoms with Crippen molar-refractivity contribution in [1.29, 1.82) is 0 Å². The van der Waals surface area contributed by atoms with Crippen molar-refractivity contribution in [1.82, 2.24) is 29.5 Å². The maximum Gasteiger partial charge on any atom is 0.238 e. The van der Waals surface area contributed by atoms with Gasteiger partial charge in [-0.3, -0.25) is 14.5 Å². The van der Waals surface area contributed by atoms with E-state index in [1.807, 2.05) is 54.6 Å². The monoisotopic (exact) mass is 516 g/mol. The highest BCUT2D eigenvalue weighted by Crippen LogP contribution is 2.39. The van der Waals surface area contributed by atoms with Crippen molar-refractivity contribution in [2.24, 2.45) is 0 Å². The van der Waals surface area contributed by atoms with Gasteiger partial charge in [0.15, 0.2) is 11.6 Å². The Kier molecular flexibility index (Phi) is 4.99. The highest BCUT2D eigenvalue weighted by atomic mass is 16.3. The maximum atomic E-state index is 6.53. The molecule has 40 heavy (non-hydrogen) atoms. The minimum absolute atomic E-state index is 0.522. The van der Waals surface area contributed by atoms with Crippen LogP contribution in [0, 0.1) is 0 Å². The normalized spacial score (nSPS) is 11.5. The molecule has 0 radical (unpaired) electrons. The first-order valence-corrected chi connectivity index (χ1v) is 12.9. The quantitative estimate of drug-likeness (QED) is 0.241. The summed E-state index contributed by atoms with van der Waals surface area (Å²) in [6, 6.07) is 32.4. The number of fused-ring (bicyclic) bond motifs is 5. The van der Waals surface area contributed by atoms with E-state index in [0.29, 0.717) is 17.6 Å². The third-order valence-electron chi connectivity index (χ3n) is 7.08. The van der Waals surface area contributed by atoms with Crippen molar-refractivity contribution in [3.05, 3.63) is 122 Å². The molecule has 0 atom stereocenters. The Bertz CT molecular complexity index is 2090. The summed E-state index contributed by atoms with van der Waals surface area (Å²) in [6.07, 6.45) is 6.96. The van der Waals surface area contributed by atoms with E-state index in [1.54, 1.807) is 24.8 Å². The Morgan fingerprint density at radius 3 is 1.90 bits per heavy atom. The predicted molar refractivity (Wildman–Crippen MR) is 156 cm³/mol. The van der Waals surface area contributed by atoms with E-state index in [4.69, 9.17) is 19.4 Å². The van der Waals surface area contributed by atoms with Gasteiger partial charge in [0, 0.05) is 52.3 Å². The number of hydrogen-bond acceptors (Lipinski definition) is 6. The maximum absolute atomic E-state index is 6.53. The molecule has 0 N–H and O–H groups in total. The van der Waals surface area contributed by atoms with Crippen LogP contribution in [-0.2, 0) is 0 Å². The van der Waals surface area contributed by atoms with Crippen molar-refractivity contribution < 1.29 is 4.42 Å². The summed E-state index contributed by atoms with van der Waals surface area (Å²) >= 11 is 0. The molecule has 0 unspecified atom stereocenters. The average molecular weight is 517 g/mol. The fourth-order valence-corrected chi connectivity index (χ4v) is 5.23. The molecule has 7 nitrogen and oxygen atoms in total. The Morgan fingerprint density at radius 1 is 0.550 bits per heavy atom. The van der Waals surface area contributed by atoms with Crippen LogP contribution in [0.15, 0.2) is 126 Å². The van der Waals surface area contributed by atoms with Gasteiger partial charge < -0.3 is 4.42 Å². The van der Waals surface area contributed by atoms with Gasteiger partial charge in [0.2, 0.25) is 5.95 Å². The fraction of sp³-hybridized carbons (Fsp3) is 0. The molecule has 8 aromatic rings. The average Bonchev–Trinajstić information content (AvgIpc) is 3.62. The largest absolute Gasteiger partial charge is 0.455 e. The summed E-state index contributed by atoms with van der Waals surface area (Å²) in [5.41, 5.74) is 5.53. The molecular weight excluding hydrogens is 496 g/mol. The molecule has 3 aromatic carbocycles. The standard InChI is InChI=1S/C33H20N6O/c1-2-6-21(7-3-1)28-20-24-10-11-27-29(30(24)40-28)25-8-4-5-9-26(25)39(27)33-37-31(22-12-16-34-17-13-22)36-32(38-33)23-14-18-35-19-15-23/h1-20H. The van der Waals surface area contributed by atoms with E-state index >= 15 is 0 Å². The summed E-state index contributed by atoms with van der Waals surface area (Å²) in [6.45, 7) is 0. The SMILES string of the molecule is c1ccc(-c2cc3ccc4c(c5ccccc5n4-c4nc(-c5ccncc5)nc(-c5ccncc5)n4)c3o2)cc1. The molecule has 0 amide bonds. The number of para-hydroxylation sites is 1. The summed E-state index contributed by atoms with van der Waals surface area (Å²) < 4.78 is 8.62. The van der Waals surface area contributed by atoms with Gasteiger partial charge in [-0.15, -0.1) is 0 Å². The van der Waals surface area contributed by atoms with Crippen molar-refractivity contribution >= 4 is 32.8 Å². The molecule has 0 bridgehead atoms. The minimum Gasteiger partial charge on any atom is -0.455 e. The lowest BCUT2D eigenvalue weighted by Crippen LogP contribution is -2.06. The second kappa shape index (κ2) is 8.96. The third kappa shape index (κ3) is 3.56. The molecule has 5 heterocycles. The summed E-state index contributed by atoms with van der Waals surface area (Å²) in [7, 11) is 0. The molecule has 8 rings (SSSR count). The molecule has 0 aliphatic heterocycles. The molecular formula is C33H20N6O. The third-order valence-corrected chi connectivity index (χ3v) is 7.08. The summed E-state index contributed by atoms with van der Waals surface area (Å²) in [5, 5.41) is 3.12. The van der Waals surface area contributed by atoms with Gasteiger partial charge in [0.1, 0.15) is 11.3 Å². The zero-order chi connectivity index (χ0) is 26.5. The van der Waals surface area contributed by atoms with Gasteiger partial charge in [0.25, 0.3) is 0 Å². The number of hydrogen-bond donors (Lipinski definition) is 0. The van der Waals surface area contributed by atoms with E-state index in [2.05, 4.69) is 57.0 Å². The van der Waals surface area contributed by atoms with Crippen LogP contribution >= 0.6 is 0 Å². The molecule has 0 fully saturated rings. The van der Waals surface area contributed by atoms with Crippen LogP contribution in [0.3, 0.4) is 0 Å². The van der Waals surface area contributed by atoms with E-state index in [1.165, 1.54) is 0 Å². The lowest BCUT2D eigenvalue weighted by atomic mass is 10.1. The minimum atomic E-state index is 0.522. The van der Waals surface area contributed by atoms with Gasteiger partial charge in [-0.2, -0.15) is 9.97 Å². The zero-order valence-electron chi connectivity index (χ0n) is 21.1. The second-order valence-electron chi connectivity index (χ2n) is 9.46. The first kappa shape index (κ1) is 22.3. The Labute approximate surface area is 228 Å². The Hall–Kier alpha value is -5.69. The number of pyridine rings is 2. The van der Waals surface area contributed by atoms with E-state index in [-0.39, 0.29) is 0 Å². The second-order valence-corrected chi connectivity index (χ2v) is 9.46. The van der Waals surface area contributed by atoms with Crippen LogP contribution in [0.25, 0.3) is 72.8 Å². The molecule has 0 aliphatic carbocycles. The number of aromatic nitrogens is 6. The topological polar surface area (TPSA) is 82.5 Å². The fourth-order valence-electron chi connectivity index (χ4n) is 5.23. The molecule has 0 saturated heterocycles. The van der Waals surface area contributed by atoms with Gasteiger partial charge in [-0.1, -0.05) is 48.5 Å². The first-order chi connectivity index (χ1) is 19.8. The van der Waals surface area contributed by atoms with Crippen LogP contribution in [0.5, 0.6) is 0 Å². The highest BCUT2D eigenvalue weighted by molar-refractivity contribution is 6.19. The highest BCUT2D eigenvalue weighted by Gasteiger charge is 2.21. The lowest BCUT2D eigenvalue weighted by Gasteiger charge is -2.10. The van der Waals surface area contributed by atoms with E-state index in [9.17, 15) is 0 Å². The molecule has 5 aromatic heterocycles. The molecule has 0 aliphatic rings. The van der Waals surface area contributed by atoms with Crippen LogP contribution in [0.1, 0.15) is 0 Å². The van der Waals surface area contributed by atoms with Gasteiger partial charge >= 0.3 is 0 Å². The first-order valence-electron chi connectivity index (χ1n) is 12.9. The van der Waals surface area contributed by atoms with Crippen molar-refractivity contribution in [3.8, 4) is 40.0 Å². The van der Waals surface area contributed by atoms with Crippen LogP contribution in [0.2, 0.25) is 0 Å². The number of furan rings is 1. The van der Waals surface area contributed by atoms with Crippen LogP contribution < -0.4 is 0 Å². The van der Waals surface area contributed by atoms with Crippen molar-refractivity contribution in [2.75, 3.05) is 0 Å². The van der Waals surface area contributed by atoms with Gasteiger partial charge in [0.05, 0.1) is 16.4 Å². The van der Waals surface area contributed by atoms with E-state index in [0.717, 1.165) is 55.2 Å². The van der Waals surface area contributed by atoms with Crippen LogP contribution in [0.4, 0.5) is 0 Å². The zero-order valence-corrected chi connectivity index (χ0v) is 21.1. The van der Waals surface area contributed by atoms with Gasteiger partial charge in [-0.05, 0) is 48.5 Å². The van der Waals surface area contributed by atoms with Gasteiger partial charge in [-0.25, -0.2) is 4.98 Å².